The summed E-state index contributed by atoms with van der Waals surface area (Å²) in [5.41, 5.74) is 1.49. The molecule has 9 heteroatoms. The van der Waals surface area contributed by atoms with Gasteiger partial charge in [-0.3, -0.25) is 9.59 Å². The number of thioether (sulfide) groups is 1. The lowest BCUT2D eigenvalue weighted by Gasteiger charge is -2.12. The van der Waals surface area contributed by atoms with Crippen LogP contribution in [-0.2, 0) is 4.79 Å². The van der Waals surface area contributed by atoms with Gasteiger partial charge in [-0.25, -0.2) is 0 Å². The minimum absolute atomic E-state index is 0.180. The van der Waals surface area contributed by atoms with E-state index in [1.807, 2.05) is 13.8 Å². The fraction of sp³-hybridized carbons (Fsp3) is 0.304. The molecule has 1 aromatic heterocycles. The van der Waals surface area contributed by atoms with Gasteiger partial charge in [0.25, 0.3) is 5.91 Å². The number of ether oxygens (including phenoxy) is 1. The van der Waals surface area contributed by atoms with Crippen LogP contribution >= 0.6 is 11.8 Å². The number of aromatic nitrogens is 3. The molecule has 2 N–H and O–H groups in total. The van der Waals surface area contributed by atoms with E-state index in [0.717, 1.165) is 29.6 Å². The molecule has 32 heavy (non-hydrogen) atoms. The first kappa shape index (κ1) is 21.9. The SMILES string of the molecule is CCOc1ccc(NC(=O)c2ccccc2NC(=O)CSc2nnc(C)n2C2CC2)cc1. The van der Waals surface area contributed by atoms with Crippen molar-refractivity contribution >= 4 is 35.0 Å². The third-order valence-corrected chi connectivity index (χ3v) is 5.89. The van der Waals surface area contributed by atoms with Gasteiger partial charge in [0.05, 0.1) is 23.6 Å². The third kappa shape index (κ3) is 5.28. The van der Waals surface area contributed by atoms with Gasteiger partial charge in [-0.2, -0.15) is 0 Å². The Bertz CT molecular complexity index is 1110. The Morgan fingerprint density at radius 2 is 1.84 bits per heavy atom. The van der Waals surface area contributed by atoms with Gasteiger partial charge in [0.15, 0.2) is 5.16 Å². The Labute approximate surface area is 190 Å². The second-order valence-electron chi connectivity index (χ2n) is 7.42. The van der Waals surface area contributed by atoms with Crippen LogP contribution in [0.5, 0.6) is 5.75 Å². The predicted octanol–water partition coefficient (Wildman–Crippen LogP) is 4.30. The highest BCUT2D eigenvalue weighted by Gasteiger charge is 2.28. The minimum atomic E-state index is -0.304. The molecule has 8 nitrogen and oxygen atoms in total. The summed E-state index contributed by atoms with van der Waals surface area (Å²) in [7, 11) is 0. The van der Waals surface area contributed by atoms with Gasteiger partial charge in [0.2, 0.25) is 5.91 Å². The zero-order chi connectivity index (χ0) is 22.5. The lowest BCUT2D eigenvalue weighted by Crippen LogP contribution is -2.19. The Hall–Kier alpha value is -3.33. The number of rotatable bonds is 9. The van der Waals surface area contributed by atoms with Crippen molar-refractivity contribution in [3.8, 4) is 5.75 Å². The highest BCUT2D eigenvalue weighted by atomic mass is 32.2. The minimum Gasteiger partial charge on any atom is -0.494 e. The molecule has 1 aliphatic carbocycles. The lowest BCUT2D eigenvalue weighted by molar-refractivity contribution is -0.113. The van der Waals surface area contributed by atoms with Gasteiger partial charge < -0.3 is 19.9 Å². The first-order valence-electron chi connectivity index (χ1n) is 10.5. The quantitative estimate of drug-likeness (QED) is 0.471. The van der Waals surface area contributed by atoms with E-state index in [1.165, 1.54) is 11.8 Å². The molecule has 0 spiro atoms. The molecule has 3 aromatic rings. The second-order valence-corrected chi connectivity index (χ2v) is 8.37. The number of nitrogens with one attached hydrogen (secondary N) is 2. The zero-order valence-corrected chi connectivity index (χ0v) is 18.8. The number of hydrogen-bond donors (Lipinski definition) is 2. The lowest BCUT2D eigenvalue weighted by atomic mass is 10.1. The Balaban J connectivity index is 1.38. The molecule has 0 bridgehead atoms. The van der Waals surface area contributed by atoms with Crippen molar-refractivity contribution in [1.29, 1.82) is 0 Å². The number of anilines is 2. The first-order chi connectivity index (χ1) is 15.5. The maximum atomic E-state index is 12.8. The fourth-order valence-electron chi connectivity index (χ4n) is 3.31. The van der Waals surface area contributed by atoms with Crippen LogP contribution in [0.15, 0.2) is 53.7 Å². The molecule has 0 atom stereocenters. The third-order valence-electron chi connectivity index (χ3n) is 4.95. The molecule has 1 heterocycles. The first-order valence-corrected chi connectivity index (χ1v) is 11.5. The molecule has 0 saturated heterocycles. The van der Waals surface area contributed by atoms with Crippen molar-refractivity contribution in [3.63, 3.8) is 0 Å². The van der Waals surface area contributed by atoms with Crippen LogP contribution in [0.1, 0.15) is 42.0 Å². The zero-order valence-electron chi connectivity index (χ0n) is 18.0. The van der Waals surface area contributed by atoms with E-state index in [-0.39, 0.29) is 17.6 Å². The van der Waals surface area contributed by atoms with Crippen molar-refractivity contribution in [2.45, 2.75) is 37.9 Å². The van der Waals surface area contributed by atoms with Gasteiger partial charge in [-0.05, 0) is 63.1 Å². The number of para-hydroxylation sites is 1. The van der Waals surface area contributed by atoms with Crippen molar-refractivity contribution < 1.29 is 14.3 Å². The van der Waals surface area contributed by atoms with Crippen molar-refractivity contribution in [2.75, 3.05) is 23.0 Å². The Kier molecular flexibility index (Phi) is 6.75. The van der Waals surface area contributed by atoms with E-state index < -0.39 is 0 Å². The second kappa shape index (κ2) is 9.86. The summed E-state index contributed by atoms with van der Waals surface area (Å²) in [5.74, 6) is 1.27. The molecule has 2 aromatic carbocycles. The Morgan fingerprint density at radius 1 is 1.09 bits per heavy atom. The standard InChI is InChI=1S/C23H25N5O3S/c1-3-31-18-12-8-16(9-13-18)24-22(30)19-6-4-5-7-20(19)25-21(29)14-32-23-27-26-15(2)28(23)17-10-11-17/h4-9,12-13,17H,3,10-11,14H2,1-2H3,(H,24,30)(H,25,29). The molecule has 0 aliphatic heterocycles. The number of aryl methyl sites for hydroxylation is 1. The monoisotopic (exact) mass is 451 g/mol. The molecule has 1 fully saturated rings. The van der Waals surface area contributed by atoms with E-state index in [1.54, 1.807) is 48.5 Å². The molecule has 1 aliphatic rings. The van der Waals surface area contributed by atoms with Crippen LogP contribution in [0.4, 0.5) is 11.4 Å². The largest absolute Gasteiger partial charge is 0.494 e. The maximum Gasteiger partial charge on any atom is 0.257 e. The molecule has 2 amide bonds. The average molecular weight is 452 g/mol. The van der Waals surface area contributed by atoms with E-state index >= 15 is 0 Å². The van der Waals surface area contributed by atoms with Crippen LogP contribution in [0.25, 0.3) is 0 Å². The summed E-state index contributed by atoms with van der Waals surface area (Å²) in [5, 5.41) is 14.8. The number of amides is 2. The van der Waals surface area contributed by atoms with Gasteiger partial charge >= 0.3 is 0 Å². The molecule has 166 valence electrons. The van der Waals surface area contributed by atoms with Crippen molar-refractivity contribution in [1.82, 2.24) is 14.8 Å². The number of nitrogens with zero attached hydrogens (tertiary/aromatic N) is 3. The van der Waals surface area contributed by atoms with E-state index in [0.29, 0.717) is 29.6 Å². The molecule has 0 unspecified atom stereocenters. The predicted molar refractivity (Wildman–Crippen MR) is 124 cm³/mol. The van der Waals surface area contributed by atoms with E-state index in [9.17, 15) is 9.59 Å². The molecule has 4 rings (SSSR count). The number of benzene rings is 2. The summed E-state index contributed by atoms with van der Waals surface area (Å²) >= 11 is 1.35. The van der Waals surface area contributed by atoms with Crippen molar-refractivity contribution in [3.05, 3.63) is 59.9 Å². The summed E-state index contributed by atoms with van der Waals surface area (Å²) in [6.07, 6.45) is 2.24. The van der Waals surface area contributed by atoms with Crippen LogP contribution in [-0.4, -0.2) is 38.9 Å². The van der Waals surface area contributed by atoms with Crippen molar-refractivity contribution in [2.24, 2.45) is 0 Å². The van der Waals surface area contributed by atoms with Gasteiger partial charge in [-0.15, -0.1) is 10.2 Å². The van der Waals surface area contributed by atoms with E-state index in [4.69, 9.17) is 4.74 Å². The smallest absolute Gasteiger partial charge is 0.257 e. The topological polar surface area (TPSA) is 98.1 Å². The normalized spacial score (nSPS) is 12.9. The van der Waals surface area contributed by atoms with E-state index in [2.05, 4.69) is 25.4 Å². The summed E-state index contributed by atoms with van der Waals surface area (Å²) in [6, 6.07) is 14.5. The van der Waals surface area contributed by atoms with Crippen LogP contribution < -0.4 is 15.4 Å². The molecule has 1 saturated carbocycles. The summed E-state index contributed by atoms with van der Waals surface area (Å²) in [4.78, 5) is 25.4. The average Bonchev–Trinajstić information content (AvgIpc) is 3.56. The highest BCUT2D eigenvalue weighted by molar-refractivity contribution is 7.99. The number of hydrogen-bond acceptors (Lipinski definition) is 6. The van der Waals surface area contributed by atoms with Gasteiger partial charge in [0, 0.05) is 11.7 Å². The summed E-state index contributed by atoms with van der Waals surface area (Å²) in [6.45, 7) is 4.42. The van der Waals surface area contributed by atoms with Crippen LogP contribution in [0.3, 0.4) is 0 Å². The number of carbonyl (C=O) groups excluding carboxylic acids is 2. The molecular weight excluding hydrogens is 426 g/mol. The van der Waals surface area contributed by atoms with Crippen LogP contribution in [0, 0.1) is 6.92 Å². The molecule has 0 radical (unpaired) electrons. The summed E-state index contributed by atoms with van der Waals surface area (Å²) < 4.78 is 7.51. The fourth-order valence-corrected chi connectivity index (χ4v) is 4.16. The van der Waals surface area contributed by atoms with Gasteiger partial charge in [-0.1, -0.05) is 23.9 Å². The maximum absolute atomic E-state index is 12.8. The Morgan fingerprint density at radius 3 is 2.56 bits per heavy atom. The van der Waals surface area contributed by atoms with Crippen LogP contribution in [0.2, 0.25) is 0 Å². The van der Waals surface area contributed by atoms with Gasteiger partial charge in [0.1, 0.15) is 11.6 Å². The number of carbonyl (C=O) groups is 2. The highest BCUT2D eigenvalue weighted by Crippen LogP contribution is 2.38. The molecular formula is C23H25N5O3S.